The summed E-state index contributed by atoms with van der Waals surface area (Å²) >= 11 is 3.41. The molecular formula is C13H17BrN2O. The summed E-state index contributed by atoms with van der Waals surface area (Å²) in [5, 5.41) is 0. The largest absolute Gasteiger partial charge is 0.496 e. The first-order chi connectivity index (χ1) is 8.22. The third-order valence-corrected chi connectivity index (χ3v) is 3.08. The van der Waals surface area contributed by atoms with Gasteiger partial charge < -0.3 is 4.74 Å². The highest BCUT2D eigenvalue weighted by molar-refractivity contribution is 9.10. The van der Waals surface area contributed by atoms with Gasteiger partial charge in [0.15, 0.2) is 0 Å². The van der Waals surface area contributed by atoms with Gasteiger partial charge in [0.1, 0.15) is 5.75 Å². The zero-order valence-electron chi connectivity index (χ0n) is 9.87. The van der Waals surface area contributed by atoms with Crippen LogP contribution in [0.25, 0.3) is 0 Å². The van der Waals surface area contributed by atoms with Crippen LogP contribution in [0.1, 0.15) is 30.9 Å². The van der Waals surface area contributed by atoms with Crippen molar-refractivity contribution in [1.82, 2.24) is 5.43 Å². The van der Waals surface area contributed by atoms with E-state index in [0.29, 0.717) is 0 Å². The number of hydrogen-bond acceptors (Lipinski definition) is 3. The van der Waals surface area contributed by atoms with Crippen molar-refractivity contribution in [3.05, 3.63) is 28.2 Å². The average molecular weight is 297 g/mol. The van der Waals surface area contributed by atoms with Gasteiger partial charge in [0.25, 0.3) is 0 Å². The van der Waals surface area contributed by atoms with E-state index < -0.39 is 0 Å². The zero-order valence-corrected chi connectivity index (χ0v) is 11.5. The van der Waals surface area contributed by atoms with Crippen molar-refractivity contribution in [1.29, 1.82) is 0 Å². The second kappa shape index (κ2) is 7.33. The van der Waals surface area contributed by atoms with Crippen LogP contribution >= 0.6 is 15.9 Å². The Hall–Kier alpha value is -1.02. The molecule has 0 aromatic heterocycles. The third-order valence-electron chi connectivity index (χ3n) is 2.59. The number of hydrazine groups is 1. The Kier molecular flexibility index (Phi) is 6.06. The molecule has 0 aliphatic heterocycles. The third kappa shape index (κ3) is 4.04. The number of rotatable bonds is 6. The molecule has 0 saturated heterocycles. The number of benzene rings is 1. The molecule has 1 aromatic rings. The van der Waals surface area contributed by atoms with Crippen molar-refractivity contribution in [3.8, 4) is 18.1 Å². The highest BCUT2D eigenvalue weighted by Crippen LogP contribution is 2.30. The van der Waals surface area contributed by atoms with E-state index in [1.807, 2.05) is 18.2 Å². The lowest BCUT2D eigenvalue weighted by atomic mass is 10.0. The topological polar surface area (TPSA) is 47.3 Å². The van der Waals surface area contributed by atoms with Gasteiger partial charge in [-0.1, -0.05) is 22.0 Å². The molecule has 17 heavy (non-hydrogen) atoms. The molecule has 0 aliphatic rings. The molecule has 0 radical (unpaired) electrons. The maximum absolute atomic E-state index is 5.58. The highest BCUT2D eigenvalue weighted by Gasteiger charge is 2.14. The molecule has 92 valence electrons. The summed E-state index contributed by atoms with van der Waals surface area (Å²) in [6.07, 6.45) is 7.82. The summed E-state index contributed by atoms with van der Waals surface area (Å²) in [5.41, 5.74) is 3.86. The molecule has 3 N–H and O–H groups in total. The second-order valence-electron chi connectivity index (χ2n) is 3.70. The molecule has 0 spiro atoms. The van der Waals surface area contributed by atoms with E-state index in [0.717, 1.165) is 35.0 Å². The van der Waals surface area contributed by atoms with Gasteiger partial charge in [-0.05, 0) is 25.0 Å². The highest BCUT2D eigenvalue weighted by atomic mass is 79.9. The van der Waals surface area contributed by atoms with Crippen molar-refractivity contribution in [2.45, 2.75) is 25.3 Å². The average Bonchev–Trinajstić information content (AvgIpc) is 2.35. The Balaban J connectivity index is 2.84. The monoisotopic (exact) mass is 296 g/mol. The molecule has 1 rings (SSSR count). The molecule has 0 fully saturated rings. The van der Waals surface area contributed by atoms with E-state index in [4.69, 9.17) is 17.0 Å². The molecule has 0 amide bonds. The predicted octanol–water partition coefficient (Wildman–Crippen LogP) is 2.77. The maximum Gasteiger partial charge on any atom is 0.124 e. The number of terminal acetylenes is 1. The van der Waals surface area contributed by atoms with Gasteiger partial charge in [-0.3, -0.25) is 11.3 Å². The van der Waals surface area contributed by atoms with Crippen LogP contribution in [-0.2, 0) is 0 Å². The van der Waals surface area contributed by atoms with Gasteiger partial charge in [0.05, 0.1) is 7.11 Å². The minimum absolute atomic E-state index is 0.0615. The fourth-order valence-corrected chi connectivity index (χ4v) is 2.05. The number of nitrogens with two attached hydrogens (primary N) is 1. The quantitative estimate of drug-likeness (QED) is 0.367. The summed E-state index contributed by atoms with van der Waals surface area (Å²) in [7, 11) is 1.65. The van der Waals surface area contributed by atoms with Gasteiger partial charge in [-0.25, -0.2) is 0 Å². The van der Waals surface area contributed by atoms with Crippen LogP contribution in [0.15, 0.2) is 22.7 Å². The van der Waals surface area contributed by atoms with Crippen molar-refractivity contribution >= 4 is 15.9 Å². The van der Waals surface area contributed by atoms with E-state index in [1.54, 1.807) is 7.11 Å². The molecule has 1 atom stereocenters. The Morgan fingerprint density at radius 1 is 1.59 bits per heavy atom. The summed E-state index contributed by atoms with van der Waals surface area (Å²) in [5.74, 6) is 9.03. The Morgan fingerprint density at radius 2 is 2.35 bits per heavy atom. The van der Waals surface area contributed by atoms with Crippen LogP contribution in [-0.4, -0.2) is 7.11 Å². The van der Waals surface area contributed by atoms with Crippen molar-refractivity contribution < 1.29 is 4.74 Å². The van der Waals surface area contributed by atoms with E-state index >= 15 is 0 Å². The first-order valence-corrected chi connectivity index (χ1v) is 6.25. The van der Waals surface area contributed by atoms with Gasteiger partial charge in [0, 0.05) is 22.5 Å². The van der Waals surface area contributed by atoms with Gasteiger partial charge in [-0.15, -0.1) is 12.3 Å². The predicted molar refractivity (Wildman–Crippen MR) is 73.4 cm³/mol. The molecule has 4 heteroatoms. The molecule has 0 saturated carbocycles. The van der Waals surface area contributed by atoms with E-state index in [1.165, 1.54) is 0 Å². The SMILES string of the molecule is C#CCCCC(NN)c1ccc(Br)cc1OC. The normalized spacial score (nSPS) is 11.9. The molecular weight excluding hydrogens is 280 g/mol. The lowest BCUT2D eigenvalue weighted by molar-refractivity contribution is 0.394. The van der Waals surface area contributed by atoms with E-state index in [9.17, 15) is 0 Å². The van der Waals surface area contributed by atoms with Crippen LogP contribution in [0, 0.1) is 12.3 Å². The number of hydrogen-bond donors (Lipinski definition) is 2. The van der Waals surface area contributed by atoms with E-state index in [-0.39, 0.29) is 6.04 Å². The number of halogens is 1. The van der Waals surface area contributed by atoms with Crippen LogP contribution < -0.4 is 16.0 Å². The van der Waals surface area contributed by atoms with Crippen molar-refractivity contribution in [2.75, 3.05) is 7.11 Å². The van der Waals surface area contributed by atoms with Crippen LogP contribution in [0.2, 0.25) is 0 Å². The summed E-state index contributed by atoms with van der Waals surface area (Å²) in [6.45, 7) is 0. The van der Waals surface area contributed by atoms with Crippen molar-refractivity contribution in [2.24, 2.45) is 5.84 Å². The Labute approximate surface area is 111 Å². The maximum atomic E-state index is 5.58. The standard InChI is InChI=1S/C13H17BrN2O/c1-3-4-5-6-12(16-15)11-8-7-10(14)9-13(11)17-2/h1,7-9,12,16H,4-6,15H2,2H3. The number of nitrogens with one attached hydrogen (secondary N) is 1. The zero-order chi connectivity index (χ0) is 12.7. The fourth-order valence-electron chi connectivity index (χ4n) is 1.71. The molecule has 3 nitrogen and oxygen atoms in total. The minimum atomic E-state index is 0.0615. The summed E-state index contributed by atoms with van der Waals surface area (Å²) in [6, 6.07) is 5.97. The van der Waals surface area contributed by atoms with E-state index in [2.05, 4.69) is 27.3 Å². The van der Waals surface area contributed by atoms with Crippen LogP contribution in [0.5, 0.6) is 5.75 Å². The lowest BCUT2D eigenvalue weighted by Crippen LogP contribution is -2.28. The Bertz CT molecular complexity index is 401. The first kappa shape index (κ1) is 14.0. The molecule has 0 aliphatic carbocycles. The molecule has 0 heterocycles. The minimum Gasteiger partial charge on any atom is -0.496 e. The number of ether oxygens (including phenoxy) is 1. The van der Waals surface area contributed by atoms with Gasteiger partial charge in [0.2, 0.25) is 0 Å². The van der Waals surface area contributed by atoms with Gasteiger partial charge in [-0.2, -0.15) is 0 Å². The van der Waals surface area contributed by atoms with Gasteiger partial charge >= 0.3 is 0 Å². The molecule has 1 unspecified atom stereocenters. The lowest BCUT2D eigenvalue weighted by Gasteiger charge is -2.18. The number of unbranched alkanes of at least 4 members (excludes halogenated alkanes) is 1. The fraction of sp³-hybridized carbons (Fsp3) is 0.385. The molecule has 0 bridgehead atoms. The second-order valence-corrected chi connectivity index (χ2v) is 4.62. The Morgan fingerprint density at radius 3 is 2.94 bits per heavy atom. The smallest absolute Gasteiger partial charge is 0.124 e. The van der Waals surface area contributed by atoms with Crippen molar-refractivity contribution in [3.63, 3.8) is 0 Å². The van der Waals surface area contributed by atoms with Crippen LogP contribution in [0.4, 0.5) is 0 Å². The van der Waals surface area contributed by atoms with Crippen LogP contribution in [0.3, 0.4) is 0 Å². The first-order valence-electron chi connectivity index (χ1n) is 5.46. The number of methoxy groups -OCH3 is 1. The summed E-state index contributed by atoms with van der Waals surface area (Å²) in [4.78, 5) is 0. The summed E-state index contributed by atoms with van der Waals surface area (Å²) < 4.78 is 6.33. The molecule has 1 aromatic carbocycles.